The van der Waals surface area contributed by atoms with Gasteiger partial charge in [0.2, 0.25) is 0 Å². The quantitative estimate of drug-likeness (QED) is 0.775. The number of halogens is 1. The number of hydroxylamine groups is 1. The molecule has 0 bridgehead atoms. The van der Waals surface area contributed by atoms with Gasteiger partial charge in [-0.3, -0.25) is 4.84 Å². The molecule has 0 saturated heterocycles. The summed E-state index contributed by atoms with van der Waals surface area (Å²) in [6, 6.07) is 5.33. The van der Waals surface area contributed by atoms with Gasteiger partial charge in [0.05, 0.1) is 12.3 Å². The lowest BCUT2D eigenvalue weighted by Crippen LogP contribution is -2.30. The minimum absolute atomic E-state index is 0.119. The summed E-state index contributed by atoms with van der Waals surface area (Å²) in [5.41, 5.74) is 2.29. The summed E-state index contributed by atoms with van der Waals surface area (Å²) in [5, 5.41) is 2.33. The van der Waals surface area contributed by atoms with Gasteiger partial charge in [-0.25, -0.2) is 14.7 Å². The van der Waals surface area contributed by atoms with Crippen molar-refractivity contribution in [3.05, 3.63) is 30.1 Å². The number of benzene rings is 1. The molecule has 0 aromatic heterocycles. The van der Waals surface area contributed by atoms with Crippen LogP contribution in [0.5, 0.6) is 0 Å². The molecule has 0 saturated carbocycles. The Kier molecular flexibility index (Phi) is 4.72. The Balaban J connectivity index is 2.37. The first-order chi connectivity index (χ1) is 7.59. The van der Waals surface area contributed by atoms with E-state index in [9.17, 15) is 9.18 Å². The fourth-order valence-electron chi connectivity index (χ4n) is 0.984. The van der Waals surface area contributed by atoms with Gasteiger partial charge in [0.1, 0.15) is 5.82 Å². The van der Waals surface area contributed by atoms with Crippen LogP contribution in [-0.4, -0.2) is 12.6 Å². The minimum atomic E-state index is -0.592. The molecule has 1 aromatic carbocycles. The molecule has 88 valence electrons. The van der Waals surface area contributed by atoms with E-state index in [4.69, 9.17) is 4.84 Å². The summed E-state index contributed by atoms with van der Waals surface area (Å²) in [7, 11) is 0. The van der Waals surface area contributed by atoms with Gasteiger partial charge < -0.3 is 5.32 Å². The minimum Gasteiger partial charge on any atom is -0.303 e. The largest absolute Gasteiger partial charge is 0.343 e. The lowest BCUT2D eigenvalue weighted by atomic mass is 10.2. The van der Waals surface area contributed by atoms with Gasteiger partial charge in [-0.1, -0.05) is 26.0 Å². The van der Waals surface area contributed by atoms with Crippen molar-refractivity contribution in [2.75, 3.05) is 11.9 Å². The van der Waals surface area contributed by atoms with Gasteiger partial charge in [0.25, 0.3) is 0 Å². The second-order valence-corrected chi connectivity index (χ2v) is 3.74. The molecule has 0 aliphatic carbocycles. The topological polar surface area (TPSA) is 50.4 Å². The maximum atomic E-state index is 13.1. The van der Waals surface area contributed by atoms with Crippen LogP contribution in [0.3, 0.4) is 0 Å². The van der Waals surface area contributed by atoms with E-state index < -0.39 is 11.8 Å². The van der Waals surface area contributed by atoms with Crippen molar-refractivity contribution in [3.8, 4) is 0 Å². The maximum absolute atomic E-state index is 13.1. The molecular formula is C11H15FN2O2. The fraction of sp³-hybridized carbons (Fsp3) is 0.364. The summed E-state index contributed by atoms with van der Waals surface area (Å²) < 4.78 is 13.1. The summed E-state index contributed by atoms with van der Waals surface area (Å²) in [6.07, 6.45) is 0. The van der Waals surface area contributed by atoms with Crippen molar-refractivity contribution in [2.45, 2.75) is 13.8 Å². The number of urea groups is 1. The maximum Gasteiger partial charge on any atom is 0.343 e. The number of rotatable bonds is 4. The van der Waals surface area contributed by atoms with Gasteiger partial charge in [-0.2, -0.15) is 0 Å². The molecule has 0 fully saturated rings. The highest BCUT2D eigenvalue weighted by Crippen LogP contribution is 2.11. The predicted octanol–water partition coefficient (Wildman–Crippen LogP) is 2.53. The van der Waals surface area contributed by atoms with E-state index in [2.05, 4.69) is 10.8 Å². The van der Waals surface area contributed by atoms with E-state index in [-0.39, 0.29) is 5.69 Å². The highest BCUT2D eigenvalue weighted by atomic mass is 19.1. The molecule has 0 atom stereocenters. The van der Waals surface area contributed by atoms with Crippen LogP contribution in [0.15, 0.2) is 24.3 Å². The van der Waals surface area contributed by atoms with Crippen LogP contribution >= 0.6 is 0 Å². The Hall–Kier alpha value is -1.62. The van der Waals surface area contributed by atoms with Crippen LogP contribution < -0.4 is 10.8 Å². The van der Waals surface area contributed by atoms with Gasteiger partial charge in [-0.15, -0.1) is 0 Å². The van der Waals surface area contributed by atoms with Crippen LogP contribution in [0.2, 0.25) is 0 Å². The lowest BCUT2D eigenvalue weighted by molar-refractivity contribution is 0.0482. The van der Waals surface area contributed by atoms with E-state index in [0.29, 0.717) is 12.5 Å². The predicted molar refractivity (Wildman–Crippen MR) is 59.3 cm³/mol. The van der Waals surface area contributed by atoms with Crippen molar-refractivity contribution in [1.82, 2.24) is 5.48 Å². The van der Waals surface area contributed by atoms with E-state index in [1.54, 1.807) is 12.1 Å². The summed E-state index contributed by atoms with van der Waals surface area (Å²) >= 11 is 0. The Morgan fingerprint density at radius 2 is 2.12 bits per heavy atom. The lowest BCUT2D eigenvalue weighted by Gasteiger charge is -2.09. The molecule has 0 radical (unpaired) electrons. The molecule has 0 heterocycles. The monoisotopic (exact) mass is 226 g/mol. The van der Waals surface area contributed by atoms with E-state index in [1.165, 1.54) is 12.1 Å². The highest BCUT2D eigenvalue weighted by Gasteiger charge is 2.05. The van der Waals surface area contributed by atoms with Crippen molar-refractivity contribution >= 4 is 11.7 Å². The number of amides is 2. The first-order valence-corrected chi connectivity index (χ1v) is 5.03. The van der Waals surface area contributed by atoms with E-state index in [1.807, 2.05) is 13.8 Å². The normalized spacial score (nSPS) is 10.2. The zero-order chi connectivity index (χ0) is 12.0. The first-order valence-electron chi connectivity index (χ1n) is 5.03. The van der Waals surface area contributed by atoms with Crippen LogP contribution in [0.1, 0.15) is 13.8 Å². The third-order valence-electron chi connectivity index (χ3n) is 1.70. The van der Waals surface area contributed by atoms with Crippen molar-refractivity contribution in [1.29, 1.82) is 0 Å². The Bertz CT molecular complexity index is 356. The number of hydrogen-bond donors (Lipinski definition) is 2. The molecule has 2 N–H and O–H groups in total. The molecule has 0 aliphatic heterocycles. The Morgan fingerprint density at radius 3 is 2.75 bits per heavy atom. The molecule has 1 aromatic rings. The third-order valence-corrected chi connectivity index (χ3v) is 1.70. The number of carbonyl (C=O) groups excluding carboxylic acids is 1. The third kappa shape index (κ3) is 4.27. The molecule has 5 heteroatoms. The molecule has 0 spiro atoms. The smallest absolute Gasteiger partial charge is 0.303 e. The highest BCUT2D eigenvalue weighted by molar-refractivity contribution is 5.88. The zero-order valence-electron chi connectivity index (χ0n) is 9.29. The standard InChI is InChI=1S/C11H15FN2O2/c1-8(2)7-16-14-11(15)13-10-6-4-3-5-9(10)12/h3-6,8H,7H2,1-2H3,(H2,13,14,15). The average Bonchev–Trinajstić information content (AvgIpc) is 2.21. The van der Waals surface area contributed by atoms with Crippen LogP contribution in [0, 0.1) is 11.7 Å². The Labute approximate surface area is 93.8 Å². The number of nitrogens with one attached hydrogen (secondary N) is 2. The SMILES string of the molecule is CC(C)CONC(=O)Nc1ccccc1F. The van der Waals surface area contributed by atoms with E-state index in [0.717, 1.165) is 0 Å². The second-order valence-electron chi connectivity index (χ2n) is 3.74. The summed E-state index contributed by atoms with van der Waals surface area (Å²) in [6.45, 7) is 4.32. The van der Waals surface area contributed by atoms with Crippen molar-refractivity contribution < 1.29 is 14.0 Å². The van der Waals surface area contributed by atoms with Gasteiger partial charge in [-0.05, 0) is 18.1 Å². The van der Waals surface area contributed by atoms with Crippen molar-refractivity contribution in [2.24, 2.45) is 5.92 Å². The van der Waals surface area contributed by atoms with Crippen molar-refractivity contribution in [3.63, 3.8) is 0 Å². The summed E-state index contributed by atoms with van der Waals surface area (Å²) in [5.74, 6) is -0.171. The summed E-state index contributed by atoms with van der Waals surface area (Å²) in [4.78, 5) is 16.1. The molecule has 16 heavy (non-hydrogen) atoms. The van der Waals surface area contributed by atoms with Crippen LogP contribution in [0.4, 0.5) is 14.9 Å². The zero-order valence-corrected chi connectivity index (χ0v) is 9.29. The first kappa shape index (κ1) is 12.4. The van der Waals surface area contributed by atoms with Crippen LogP contribution in [0.25, 0.3) is 0 Å². The van der Waals surface area contributed by atoms with Crippen LogP contribution in [-0.2, 0) is 4.84 Å². The van der Waals surface area contributed by atoms with Gasteiger partial charge in [0.15, 0.2) is 0 Å². The number of anilines is 1. The number of carbonyl (C=O) groups is 1. The molecule has 1 rings (SSSR count). The van der Waals surface area contributed by atoms with Gasteiger partial charge >= 0.3 is 6.03 Å². The van der Waals surface area contributed by atoms with E-state index >= 15 is 0 Å². The molecule has 2 amide bonds. The molecule has 4 nitrogen and oxygen atoms in total. The molecular weight excluding hydrogens is 211 g/mol. The molecule has 0 unspecified atom stereocenters. The molecule has 0 aliphatic rings. The Morgan fingerprint density at radius 1 is 1.44 bits per heavy atom. The number of para-hydroxylation sites is 1. The van der Waals surface area contributed by atoms with Gasteiger partial charge in [0, 0.05) is 0 Å². The number of hydrogen-bond acceptors (Lipinski definition) is 2. The fourth-order valence-corrected chi connectivity index (χ4v) is 0.984. The average molecular weight is 226 g/mol. The second kappa shape index (κ2) is 6.07.